The van der Waals surface area contributed by atoms with Crippen molar-refractivity contribution >= 4 is 115 Å². The van der Waals surface area contributed by atoms with Gasteiger partial charge in [0.15, 0.2) is 0 Å². The molecule has 0 bridgehead atoms. The average Bonchev–Trinajstić information content (AvgIpc) is 1.44. The van der Waals surface area contributed by atoms with Gasteiger partial charge in [-0.15, -0.1) is 22.7 Å². The Hall–Kier alpha value is -7.88. The summed E-state index contributed by atoms with van der Waals surface area (Å²) in [5, 5.41) is 6.58. The molecule has 2 nitrogen and oxygen atoms in total. The van der Waals surface area contributed by atoms with Gasteiger partial charge in [0, 0.05) is 65.7 Å². The molecular weight excluding hydrogens is 1290 g/mol. The Balaban J connectivity index is 0.000000118. The standard InChI is InChI=1S/C40H27ClS.C34H33BO2.C12H6BrClS/c1-39(2)31-13-5-7-15-33(31)40(34-16-8-6-14-32(34)39)30-12-4-3-10-27(30)38-26(11-9-17-35(38)40)24-18-20-36-28(22-24)29-23-25(41)19-21-37(29)42-36;1-31(2)24-16-9-11-18-26(24)34(27-19-12-10-17-25(27)31)23-15-8-7-14-22(23)30-28(34)20-13-21-29(30)35-36-32(3,4)33(5,6)37-35;13-7-1-3-11-9(5-7)10-6-8(14)2-4-12(10)15-11/h3-23H,1-2H3;7-21H,1-6H3;1-6H. The lowest BCUT2D eigenvalue weighted by Crippen LogP contribution is -2.41. The zero-order valence-electron chi connectivity index (χ0n) is 53.6. The summed E-state index contributed by atoms with van der Waals surface area (Å²) < 4.78 is 19.5. The monoisotopic (exact) mass is 1350 g/mol. The van der Waals surface area contributed by atoms with E-state index in [1.165, 1.54) is 140 Å². The second-order valence-electron chi connectivity index (χ2n) is 27.9. The Morgan fingerprint density at radius 3 is 1.13 bits per heavy atom. The molecule has 0 radical (unpaired) electrons. The first kappa shape index (κ1) is 59.8. The quantitative estimate of drug-likeness (QED) is 0.161. The van der Waals surface area contributed by atoms with E-state index in [-0.39, 0.29) is 16.2 Å². The lowest BCUT2D eigenvalue weighted by atomic mass is 9.55. The van der Waals surface area contributed by atoms with Crippen molar-refractivity contribution in [1.82, 2.24) is 0 Å². The van der Waals surface area contributed by atoms with Crippen molar-refractivity contribution in [2.24, 2.45) is 0 Å². The lowest BCUT2D eigenvalue weighted by Gasteiger charge is -2.46. The molecule has 1 aliphatic heterocycles. The van der Waals surface area contributed by atoms with Crippen molar-refractivity contribution in [3.63, 3.8) is 0 Å². The van der Waals surface area contributed by atoms with Crippen LogP contribution in [0, 0.1) is 0 Å². The highest BCUT2D eigenvalue weighted by atomic mass is 79.9. The molecule has 0 N–H and O–H groups in total. The number of fused-ring (bicyclic) bond motifs is 24. The molecule has 2 aromatic heterocycles. The van der Waals surface area contributed by atoms with Crippen LogP contribution in [0.5, 0.6) is 0 Å². The summed E-state index contributed by atoms with van der Waals surface area (Å²) in [6.45, 7) is 18.0. The van der Waals surface area contributed by atoms with E-state index >= 15 is 0 Å². The second-order valence-corrected chi connectivity index (χ2v) is 31.9. The molecule has 8 heteroatoms. The normalized spacial score (nSPS) is 16.9. The van der Waals surface area contributed by atoms with E-state index in [4.69, 9.17) is 32.5 Å². The van der Waals surface area contributed by atoms with Crippen LogP contribution in [0.4, 0.5) is 0 Å². The van der Waals surface area contributed by atoms with Crippen molar-refractivity contribution in [2.45, 2.75) is 88.3 Å². The zero-order valence-corrected chi connectivity index (χ0v) is 58.3. The molecule has 1 saturated heterocycles. The van der Waals surface area contributed by atoms with E-state index in [9.17, 15) is 0 Å². The fourth-order valence-electron chi connectivity index (χ4n) is 16.9. The van der Waals surface area contributed by atoms with E-state index in [0.29, 0.717) is 0 Å². The van der Waals surface area contributed by atoms with Crippen LogP contribution < -0.4 is 5.46 Å². The maximum Gasteiger partial charge on any atom is 0.495 e. The summed E-state index contributed by atoms with van der Waals surface area (Å²) >= 11 is 19.6. The van der Waals surface area contributed by atoms with E-state index in [1.54, 1.807) is 11.3 Å². The summed E-state index contributed by atoms with van der Waals surface area (Å²) in [5.74, 6) is 0. The maximum absolute atomic E-state index is 6.62. The van der Waals surface area contributed by atoms with Gasteiger partial charge in [0.2, 0.25) is 0 Å². The second kappa shape index (κ2) is 21.6. The van der Waals surface area contributed by atoms with E-state index < -0.39 is 23.7 Å². The molecule has 94 heavy (non-hydrogen) atoms. The minimum Gasteiger partial charge on any atom is -0.399 e. The summed E-state index contributed by atoms with van der Waals surface area (Å²) in [7, 11) is -0.423. The highest BCUT2D eigenvalue weighted by Crippen LogP contribution is 2.65. The number of rotatable bonds is 2. The molecule has 12 aromatic carbocycles. The summed E-state index contributed by atoms with van der Waals surface area (Å²) in [4.78, 5) is 0. The summed E-state index contributed by atoms with van der Waals surface area (Å²) in [5.41, 5.74) is 23.6. The third-order valence-electron chi connectivity index (χ3n) is 21.8. The van der Waals surface area contributed by atoms with Crippen molar-refractivity contribution in [3.8, 4) is 33.4 Å². The Bertz CT molecular complexity index is 5330. The zero-order chi connectivity index (χ0) is 64.4. The van der Waals surface area contributed by atoms with Crippen LogP contribution in [0.2, 0.25) is 10.0 Å². The van der Waals surface area contributed by atoms with Gasteiger partial charge in [0.1, 0.15) is 0 Å². The van der Waals surface area contributed by atoms with E-state index in [1.807, 2.05) is 29.5 Å². The topological polar surface area (TPSA) is 18.5 Å². The Labute approximate surface area is 577 Å². The van der Waals surface area contributed by atoms with E-state index in [0.717, 1.165) is 20.0 Å². The van der Waals surface area contributed by atoms with Crippen LogP contribution >= 0.6 is 61.8 Å². The fraction of sp³-hybridized carbons (Fsp3) is 0.163. The molecule has 0 unspecified atom stereocenters. The smallest absolute Gasteiger partial charge is 0.399 e. The molecule has 0 saturated carbocycles. The number of benzene rings is 12. The number of hydrogen-bond donors (Lipinski definition) is 0. The highest BCUT2D eigenvalue weighted by Gasteiger charge is 2.58. The molecule has 4 aliphatic carbocycles. The van der Waals surface area contributed by atoms with Gasteiger partial charge in [-0.3, -0.25) is 0 Å². The minimum atomic E-state index is -0.423. The van der Waals surface area contributed by atoms with Gasteiger partial charge in [-0.1, -0.05) is 255 Å². The summed E-state index contributed by atoms with van der Waals surface area (Å²) in [6.07, 6.45) is 0. The Kier molecular flexibility index (Phi) is 13.7. The third kappa shape index (κ3) is 8.52. The van der Waals surface area contributed by atoms with Gasteiger partial charge in [-0.2, -0.15) is 0 Å². The first-order chi connectivity index (χ1) is 45.3. The van der Waals surface area contributed by atoms with Crippen LogP contribution in [-0.4, -0.2) is 18.3 Å². The highest BCUT2D eigenvalue weighted by molar-refractivity contribution is 9.10. The first-order valence-electron chi connectivity index (χ1n) is 32.5. The molecular formula is C86H66BBrCl2O2S2. The molecule has 1 fully saturated rings. The number of halogens is 3. The molecule has 0 amide bonds. The molecule has 2 spiro atoms. The van der Waals surface area contributed by atoms with Crippen molar-refractivity contribution in [3.05, 3.63) is 336 Å². The lowest BCUT2D eigenvalue weighted by molar-refractivity contribution is 0.00578. The third-order valence-corrected chi connectivity index (χ3v) is 25.1. The predicted molar refractivity (Wildman–Crippen MR) is 403 cm³/mol. The van der Waals surface area contributed by atoms with Gasteiger partial charge in [-0.05, 0) is 200 Å². The molecule has 0 atom stereocenters. The Morgan fingerprint density at radius 1 is 0.319 bits per heavy atom. The van der Waals surface area contributed by atoms with Crippen LogP contribution in [0.15, 0.2) is 259 Å². The minimum absolute atomic E-state index is 0.0972. The van der Waals surface area contributed by atoms with Crippen LogP contribution in [0.3, 0.4) is 0 Å². The molecule has 5 aliphatic rings. The van der Waals surface area contributed by atoms with Crippen molar-refractivity contribution in [2.75, 3.05) is 0 Å². The van der Waals surface area contributed by atoms with Gasteiger partial charge in [0.05, 0.1) is 22.0 Å². The average molecular weight is 1360 g/mol. The molecule has 19 rings (SSSR count). The van der Waals surface area contributed by atoms with Gasteiger partial charge >= 0.3 is 7.12 Å². The predicted octanol–water partition coefficient (Wildman–Crippen LogP) is 23.8. The molecule has 458 valence electrons. The molecule has 3 heterocycles. The van der Waals surface area contributed by atoms with Crippen molar-refractivity contribution in [1.29, 1.82) is 0 Å². The van der Waals surface area contributed by atoms with Crippen LogP contribution in [0.1, 0.15) is 122 Å². The first-order valence-corrected chi connectivity index (χ1v) is 35.6. The number of thiophene rings is 2. The SMILES string of the molecule is CC1(C)c2ccccc2C2(c3ccccc3-c3c(-c4ccc5sc6ccc(Cl)cc6c5c4)cccc32)c2ccccc21.CC1(C)c2ccccc2C2(c3ccccc3-c3c(B4OC(C)(C)C(C)(C)O4)cccc32)c2ccccc21.Clc1ccc2sc3ccc(Br)cc3c2c1. The maximum atomic E-state index is 6.62. The van der Waals surface area contributed by atoms with Gasteiger partial charge in [0.25, 0.3) is 0 Å². The van der Waals surface area contributed by atoms with Crippen molar-refractivity contribution < 1.29 is 9.31 Å². The van der Waals surface area contributed by atoms with Gasteiger partial charge < -0.3 is 9.31 Å². The van der Waals surface area contributed by atoms with Crippen LogP contribution in [0.25, 0.3) is 73.7 Å². The van der Waals surface area contributed by atoms with Crippen LogP contribution in [-0.2, 0) is 31.0 Å². The summed E-state index contributed by atoms with van der Waals surface area (Å²) in [6, 6.07) is 93.7. The number of hydrogen-bond acceptors (Lipinski definition) is 4. The fourth-order valence-corrected chi connectivity index (χ4v) is 19.7. The molecule has 14 aromatic rings. The Morgan fingerprint density at radius 2 is 0.660 bits per heavy atom. The van der Waals surface area contributed by atoms with E-state index in [2.05, 4.69) is 308 Å². The largest absolute Gasteiger partial charge is 0.495 e. The van der Waals surface area contributed by atoms with Gasteiger partial charge in [-0.25, -0.2) is 0 Å².